The Morgan fingerprint density at radius 2 is 1.92 bits per heavy atom. The molecule has 3 rings (SSSR count). The fraction of sp³-hybridized carbons (Fsp3) is 0.524. The quantitative estimate of drug-likeness (QED) is 0.594. The van der Waals surface area contributed by atoms with Gasteiger partial charge in [-0.2, -0.15) is 0 Å². The lowest BCUT2D eigenvalue weighted by atomic mass is 9.75. The molecule has 0 spiro atoms. The number of benzene rings is 1. The second-order valence-electron chi connectivity index (χ2n) is 8.11. The van der Waals surface area contributed by atoms with Crippen molar-refractivity contribution in [3.05, 3.63) is 33.9 Å². The van der Waals surface area contributed by atoms with Gasteiger partial charge in [0.1, 0.15) is 0 Å². The Hall–Kier alpha value is -1.62. The number of hydrogen-bond donors (Lipinski definition) is 1. The smallest absolute Gasteiger partial charge is 0.303 e. The van der Waals surface area contributed by atoms with Crippen LogP contribution in [0.25, 0.3) is 10.9 Å². The number of Topliss-reactive ketones (excluding diaryl/α,β-unsaturated/α-hetero) is 1. The van der Waals surface area contributed by atoms with Gasteiger partial charge in [0.05, 0.1) is 5.52 Å². The van der Waals surface area contributed by atoms with Crippen molar-refractivity contribution in [2.45, 2.75) is 65.3 Å². The van der Waals surface area contributed by atoms with Gasteiger partial charge in [-0.3, -0.25) is 9.59 Å². The molecule has 4 nitrogen and oxygen atoms in total. The SMILES string of the molecule is CC1(C)CC(=O)c2c(n(CCCCCCC(=O)O)c3c(Br)cccc23)C1. The van der Waals surface area contributed by atoms with Crippen molar-refractivity contribution in [3.63, 3.8) is 0 Å². The van der Waals surface area contributed by atoms with Crippen molar-refractivity contribution in [1.29, 1.82) is 0 Å². The number of ketones is 1. The lowest BCUT2D eigenvalue weighted by Gasteiger charge is -2.30. The van der Waals surface area contributed by atoms with E-state index in [2.05, 4.69) is 40.4 Å². The van der Waals surface area contributed by atoms with E-state index in [-0.39, 0.29) is 17.6 Å². The van der Waals surface area contributed by atoms with Crippen LogP contribution in [0.2, 0.25) is 0 Å². The highest BCUT2D eigenvalue weighted by Gasteiger charge is 2.35. The van der Waals surface area contributed by atoms with E-state index < -0.39 is 5.97 Å². The first kappa shape index (κ1) is 19.2. The average Bonchev–Trinajstić information content (AvgIpc) is 2.84. The molecular weight excluding hydrogens is 394 g/mol. The number of carboxylic acid groups (broad SMARTS) is 1. The van der Waals surface area contributed by atoms with Gasteiger partial charge in [0, 0.05) is 40.5 Å². The summed E-state index contributed by atoms with van der Waals surface area (Å²) in [6, 6.07) is 6.08. The van der Waals surface area contributed by atoms with Crippen LogP contribution in [0.3, 0.4) is 0 Å². The van der Waals surface area contributed by atoms with Crippen LogP contribution in [0.1, 0.15) is 68.4 Å². The third-order valence-corrected chi connectivity index (χ3v) is 5.87. The molecule has 1 aromatic heterocycles. The number of aromatic nitrogens is 1. The summed E-state index contributed by atoms with van der Waals surface area (Å²) in [4.78, 5) is 23.4. The maximum absolute atomic E-state index is 12.8. The summed E-state index contributed by atoms with van der Waals surface area (Å²) in [5.74, 6) is -0.472. The third kappa shape index (κ3) is 3.88. The van der Waals surface area contributed by atoms with Crippen LogP contribution < -0.4 is 0 Å². The van der Waals surface area contributed by atoms with Gasteiger partial charge in [-0.1, -0.05) is 38.8 Å². The molecule has 2 aromatic rings. The maximum Gasteiger partial charge on any atom is 0.303 e. The number of fused-ring (bicyclic) bond motifs is 3. The number of carbonyl (C=O) groups excluding carboxylic acids is 1. The monoisotopic (exact) mass is 419 g/mol. The second kappa shape index (κ2) is 7.55. The number of halogens is 1. The van der Waals surface area contributed by atoms with E-state index in [4.69, 9.17) is 5.11 Å². The first-order valence-electron chi connectivity index (χ1n) is 9.35. The number of unbranched alkanes of at least 4 members (excludes halogenated alkanes) is 3. The first-order valence-corrected chi connectivity index (χ1v) is 10.1. The Morgan fingerprint density at radius 1 is 1.19 bits per heavy atom. The molecule has 1 heterocycles. The van der Waals surface area contributed by atoms with Crippen molar-refractivity contribution in [1.82, 2.24) is 4.57 Å². The first-order chi connectivity index (χ1) is 12.3. The molecule has 1 aromatic carbocycles. The van der Waals surface area contributed by atoms with E-state index in [1.54, 1.807) is 0 Å². The van der Waals surface area contributed by atoms with Crippen LogP contribution in [0.4, 0.5) is 0 Å². The highest BCUT2D eigenvalue weighted by Crippen LogP contribution is 2.41. The molecule has 1 aliphatic carbocycles. The van der Waals surface area contributed by atoms with Crippen LogP contribution in [-0.4, -0.2) is 21.4 Å². The summed E-state index contributed by atoms with van der Waals surface area (Å²) >= 11 is 3.67. The van der Waals surface area contributed by atoms with Gasteiger partial charge in [0.25, 0.3) is 0 Å². The molecule has 0 atom stereocenters. The zero-order valence-electron chi connectivity index (χ0n) is 15.5. The summed E-state index contributed by atoms with van der Waals surface area (Å²) in [5.41, 5.74) is 3.18. The van der Waals surface area contributed by atoms with Crippen molar-refractivity contribution in [2.75, 3.05) is 0 Å². The Kier molecular flexibility index (Phi) is 5.56. The zero-order chi connectivity index (χ0) is 18.9. The molecule has 0 radical (unpaired) electrons. The van der Waals surface area contributed by atoms with E-state index in [0.717, 1.165) is 59.6 Å². The summed E-state index contributed by atoms with van der Waals surface area (Å²) in [6.07, 6.45) is 5.41. The molecule has 0 saturated carbocycles. The van der Waals surface area contributed by atoms with Crippen molar-refractivity contribution in [3.8, 4) is 0 Å². The third-order valence-electron chi connectivity index (χ3n) is 5.23. The molecule has 1 N–H and O–H groups in total. The van der Waals surface area contributed by atoms with Gasteiger partial charge in [-0.25, -0.2) is 0 Å². The van der Waals surface area contributed by atoms with Crippen LogP contribution in [0.15, 0.2) is 22.7 Å². The van der Waals surface area contributed by atoms with Crippen LogP contribution in [0.5, 0.6) is 0 Å². The highest BCUT2D eigenvalue weighted by atomic mass is 79.9. The fourth-order valence-corrected chi connectivity index (χ4v) is 4.68. The predicted octanol–water partition coefficient (Wildman–Crippen LogP) is 5.59. The molecule has 0 bridgehead atoms. The largest absolute Gasteiger partial charge is 0.481 e. The number of rotatable bonds is 7. The minimum absolute atomic E-state index is 0.00975. The molecule has 0 aliphatic heterocycles. The maximum atomic E-state index is 12.8. The van der Waals surface area contributed by atoms with Crippen LogP contribution in [0, 0.1) is 5.41 Å². The second-order valence-corrected chi connectivity index (χ2v) is 8.96. The van der Waals surface area contributed by atoms with Crippen LogP contribution in [-0.2, 0) is 17.8 Å². The Morgan fingerprint density at radius 3 is 2.65 bits per heavy atom. The molecule has 26 heavy (non-hydrogen) atoms. The number of carboxylic acids is 1. The van der Waals surface area contributed by atoms with Crippen molar-refractivity contribution in [2.24, 2.45) is 5.41 Å². The minimum atomic E-state index is -0.722. The van der Waals surface area contributed by atoms with E-state index in [1.165, 1.54) is 5.69 Å². The topological polar surface area (TPSA) is 59.3 Å². The van der Waals surface area contributed by atoms with Crippen molar-refractivity contribution < 1.29 is 14.7 Å². The number of para-hydroxylation sites is 1. The summed E-state index contributed by atoms with van der Waals surface area (Å²) < 4.78 is 3.35. The molecule has 0 saturated heterocycles. The van der Waals surface area contributed by atoms with Gasteiger partial charge in [-0.05, 0) is 46.7 Å². The Balaban J connectivity index is 1.87. The Labute approximate surface area is 162 Å². The normalized spacial score (nSPS) is 16.0. The molecule has 0 unspecified atom stereocenters. The lowest BCUT2D eigenvalue weighted by molar-refractivity contribution is -0.137. The van der Waals surface area contributed by atoms with Gasteiger partial charge in [-0.15, -0.1) is 0 Å². The minimum Gasteiger partial charge on any atom is -0.481 e. The fourth-order valence-electron chi connectivity index (χ4n) is 4.10. The number of nitrogens with zero attached hydrogens (tertiary/aromatic N) is 1. The molecule has 0 amide bonds. The van der Waals surface area contributed by atoms with Crippen molar-refractivity contribution >= 4 is 38.6 Å². The van der Waals surface area contributed by atoms with E-state index >= 15 is 0 Å². The lowest BCUT2D eigenvalue weighted by Crippen LogP contribution is -2.28. The van der Waals surface area contributed by atoms with Gasteiger partial charge < -0.3 is 9.67 Å². The van der Waals surface area contributed by atoms with Gasteiger partial charge in [0.15, 0.2) is 5.78 Å². The predicted molar refractivity (Wildman–Crippen MR) is 107 cm³/mol. The van der Waals surface area contributed by atoms with Crippen LogP contribution >= 0.6 is 15.9 Å². The van der Waals surface area contributed by atoms with E-state index in [0.29, 0.717) is 6.42 Å². The van der Waals surface area contributed by atoms with E-state index in [9.17, 15) is 9.59 Å². The molecule has 5 heteroatoms. The standard InChI is InChI=1S/C21H26BrNO3/c1-21(2)12-16-19(17(24)13-21)14-8-7-9-15(22)20(14)23(16)11-6-4-3-5-10-18(25)26/h7-9H,3-6,10-13H2,1-2H3,(H,25,26). The molecule has 0 fully saturated rings. The summed E-state index contributed by atoms with van der Waals surface area (Å²) in [7, 11) is 0. The van der Waals surface area contributed by atoms with E-state index in [1.807, 2.05) is 12.1 Å². The molecular formula is C21H26BrNO3. The number of aliphatic carboxylic acids is 1. The highest BCUT2D eigenvalue weighted by molar-refractivity contribution is 9.10. The Bertz CT molecular complexity index is 851. The number of carbonyl (C=O) groups is 2. The average molecular weight is 420 g/mol. The van der Waals surface area contributed by atoms with Gasteiger partial charge >= 0.3 is 5.97 Å². The summed E-state index contributed by atoms with van der Waals surface area (Å²) in [6.45, 7) is 5.19. The molecule has 1 aliphatic rings. The van der Waals surface area contributed by atoms with Gasteiger partial charge in [0.2, 0.25) is 0 Å². The zero-order valence-corrected chi connectivity index (χ0v) is 17.1. The summed E-state index contributed by atoms with van der Waals surface area (Å²) in [5, 5.41) is 9.79. The number of hydrogen-bond acceptors (Lipinski definition) is 2. The number of aryl methyl sites for hydroxylation is 1. The molecule has 140 valence electrons.